The lowest BCUT2D eigenvalue weighted by atomic mass is 9.71. The Bertz CT molecular complexity index is 1210. The highest BCUT2D eigenvalue weighted by atomic mass is 19.1. The molecule has 0 aliphatic heterocycles. The Kier molecular flexibility index (Phi) is 6.72. The molecular formula is C28H29FN2O2. The highest BCUT2D eigenvalue weighted by molar-refractivity contribution is 5.80. The van der Waals surface area contributed by atoms with Gasteiger partial charge in [0.25, 0.3) is 0 Å². The monoisotopic (exact) mass is 444 g/mol. The Morgan fingerprint density at radius 1 is 0.970 bits per heavy atom. The van der Waals surface area contributed by atoms with Gasteiger partial charge in [-0.15, -0.1) is 0 Å². The van der Waals surface area contributed by atoms with Gasteiger partial charge in [-0.1, -0.05) is 60.7 Å². The predicted octanol–water partition coefficient (Wildman–Crippen LogP) is 5.35. The van der Waals surface area contributed by atoms with Crippen molar-refractivity contribution < 1.29 is 14.2 Å². The topological polar surface area (TPSA) is 45.6 Å². The molecule has 0 spiro atoms. The molecule has 1 N–H and O–H groups in total. The van der Waals surface area contributed by atoms with E-state index in [9.17, 15) is 9.50 Å². The summed E-state index contributed by atoms with van der Waals surface area (Å²) in [7, 11) is 5.55. The zero-order valence-corrected chi connectivity index (χ0v) is 19.2. The van der Waals surface area contributed by atoms with E-state index in [-0.39, 0.29) is 5.82 Å². The molecule has 0 saturated carbocycles. The molecule has 2 atom stereocenters. The molecule has 4 aromatic rings. The van der Waals surface area contributed by atoms with Crippen LogP contribution in [-0.4, -0.2) is 42.7 Å². The Balaban J connectivity index is 2.00. The van der Waals surface area contributed by atoms with Crippen LogP contribution in [0.1, 0.15) is 29.0 Å². The molecule has 0 bridgehead atoms. The number of hydrogen-bond donors (Lipinski definition) is 1. The molecule has 2 unspecified atom stereocenters. The number of ether oxygens (including phenoxy) is 1. The number of rotatable bonds is 8. The van der Waals surface area contributed by atoms with Gasteiger partial charge >= 0.3 is 0 Å². The summed E-state index contributed by atoms with van der Waals surface area (Å²) in [6.07, 6.45) is 0.480. The summed E-state index contributed by atoms with van der Waals surface area (Å²) in [6, 6.07) is 26.0. The van der Waals surface area contributed by atoms with Gasteiger partial charge in [-0.25, -0.2) is 9.37 Å². The molecule has 0 saturated heterocycles. The maximum atomic E-state index is 14.1. The predicted molar refractivity (Wildman–Crippen MR) is 130 cm³/mol. The van der Waals surface area contributed by atoms with Crippen LogP contribution in [0.3, 0.4) is 0 Å². The van der Waals surface area contributed by atoms with E-state index in [2.05, 4.69) is 9.88 Å². The number of fused-ring (bicyclic) bond motifs is 1. The van der Waals surface area contributed by atoms with Gasteiger partial charge in [-0.05, 0) is 55.9 Å². The summed E-state index contributed by atoms with van der Waals surface area (Å²) in [6.45, 7) is 0.673. The smallest absolute Gasteiger partial charge is 0.217 e. The van der Waals surface area contributed by atoms with Crippen molar-refractivity contribution in [3.8, 4) is 5.88 Å². The molecule has 170 valence electrons. The number of halogens is 1. The summed E-state index contributed by atoms with van der Waals surface area (Å²) < 4.78 is 19.8. The van der Waals surface area contributed by atoms with Crippen molar-refractivity contribution in [2.24, 2.45) is 0 Å². The number of benzene rings is 3. The van der Waals surface area contributed by atoms with E-state index in [0.29, 0.717) is 35.3 Å². The first-order valence-electron chi connectivity index (χ1n) is 11.0. The van der Waals surface area contributed by atoms with Crippen LogP contribution in [-0.2, 0) is 5.60 Å². The summed E-state index contributed by atoms with van der Waals surface area (Å²) in [5.41, 5.74) is 1.83. The molecule has 33 heavy (non-hydrogen) atoms. The SMILES string of the molecule is COc1nc2ccc(F)cc2cc1C(c1ccccc1)C(O)(CCN(C)C)c1ccccc1. The highest BCUT2D eigenvalue weighted by Crippen LogP contribution is 2.47. The summed E-state index contributed by atoms with van der Waals surface area (Å²) in [5, 5.41) is 13.1. The average molecular weight is 445 g/mol. The van der Waals surface area contributed by atoms with Gasteiger partial charge in [0.05, 0.1) is 12.6 Å². The highest BCUT2D eigenvalue weighted by Gasteiger charge is 2.42. The first kappa shape index (κ1) is 22.9. The van der Waals surface area contributed by atoms with Crippen LogP contribution in [0.2, 0.25) is 0 Å². The Morgan fingerprint density at radius 2 is 1.64 bits per heavy atom. The fourth-order valence-corrected chi connectivity index (χ4v) is 4.45. The number of pyridine rings is 1. The molecule has 0 aliphatic rings. The molecule has 4 nitrogen and oxygen atoms in total. The van der Waals surface area contributed by atoms with Crippen molar-refractivity contribution in [1.29, 1.82) is 0 Å². The molecular weight excluding hydrogens is 415 g/mol. The quantitative estimate of drug-likeness (QED) is 0.398. The van der Waals surface area contributed by atoms with Crippen molar-refractivity contribution in [1.82, 2.24) is 9.88 Å². The Morgan fingerprint density at radius 3 is 2.27 bits per heavy atom. The number of hydrogen-bond acceptors (Lipinski definition) is 4. The van der Waals surface area contributed by atoms with Crippen LogP contribution < -0.4 is 4.74 Å². The lowest BCUT2D eigenvalue weighted by molar-refractivity contribution is 0.00380. The van der Waals surface area contributed by atoms with Gasteiger partial charge in [-0.3, -0.25) is 0 Å². The molecule has 0 aliphatic carbocycles. The van der Waals surface area contributed by atoms with Gasteiger partial charge in [0.1, 0.15) is 11.4 Å². The second-order valence-corrected chi connectivity index (χ2v) is 8.61. The van der Waals surface area contributed by atoms with Crippen molar-refractivity contribution in [2.75, 3.05) is 27.7 Å². The molecule has 5 heteroatoms. The first-order valence-corrected chi connectivity index (χ1v) is 11.0. The zero-order chi connectivity index (χ0) is 23.4. The number of aliphatic hydroxyl groups is 1. The van der Waals surface area contributed by atoms with Gasteiger partial charge in [0.15, 0.2) is 0 Å². The average Bonchev–Trinajstić information content (AvgIpc) is 2.83. The maximum absolute atomic E-state index is 14.1. The van der Waals surface area contributed by atoms with Gasteiger partial charge < -0.3 is 14.7 Å². The largest absolute Gasteiger partial charge is 0.481 e. The second-order valence-electron chi connectivity index (χ2n) is 8.61. The summed E-state index contributed by atoms with van der Waals surface area (Å²) in [5.74, 6) is -0.402. The van der Waals surface area contributed by atoms with Crippen molar-refractivity contribution in [2.45, 2.75) is 17.9 Å². The summed E-state index contributed by atoms with van der Waals surface area (Å²) in [4.78, 5) is 6.73. The minimum Gasteiger partial charge on any atom is -0.481 e. The van der Waals surface area contributed by atoms with Gasteiger partial charge in [0.2, 0.25) is 5.88 Å². The van der Waals surface area contributed by atoms with Crippen molar-refractivity contribution >= 4 is 10.9 Å². The zero-order valence-electron chi connectivity index (χ0n) is 19.2. The molecule has 0 amide bonds. The van der Waals surface area contributed by atoms with E-state index in [1.807, 2.05) is 80.8 Å². The third-order valence-corrected chi connectivity index (χ3v) is 6.10. The van der Waals surface area contributed by atoms with Crippen LogP contribution in [0.25, 0.3) is 10.9 Å². The van der Waals surface area contributed by atoms with Crippen LogP contribution in [0.4, 0.5) is 4.39 Å². The Labute approximate surface area is 194 Å². The van der Waals surface area contributed by atoms with E-state index in [4.69, 9.17) is 4.74 Å². The summed E-state index contributed by atoms with van der Waals surface area (Å²) >= 11 is 0. The number of aromatic nitrogens is 1. The fraction of sp³-hybridized carbons (Fsp3) is 0.250. The molecule has 1 heterocycles. The second kappa shape index (κ2) is 9.69. The van der Waals surface area contributed by atoms with Crippen molar-refractivity contribution in [3.63, 3.8) is 0 Å². The van der Waals surface area contributed by atoms with Crippen LogP contribution >= 0.6 is 0 Å². The van der Waals surface area contributed by atoms with Crippen LogP contribution in [0.15, 0.2) is 84.9 Å². The lowest BCUT2D eigenvalue weighted by Gasteiger charge is -2.39. The molecule has 4 rings (SSSR count). The third-order valence-electron chi connectivity index (χ3n) is 6.10. The van der Waals surface area contributed by atoms with E-state index in [1.54, 1.807) is 13.2 Å². The van der Waals surface area contributed by atoms with E-state index < -0.39 is 11.5 Å². The third kappa shape index (κ3) is 4.75. The van der Waals surface area contributed by atoms with E-state index >= 15 is 0 Å². The lowest BCUT2D eigenvalue weighted by Crippen LogP contribution is -2.37. The van der Waals surface area contributed by atoms with Crippen molar-refractivity contribution in [3.05, 3.63) is 107 Å². The standard InChI is InChI=1S/C28H29FN2O2/c1-31(2)17-16-28(32,22-12-8-5-9-13-22)26(20-10-6-4-7-11-20)24-19-21-18-23(29)14-15-25(21)30-27(24)33-3/h4-15,18-19,26,32H,16-17H2,1-3H3. The molecule has 0 fully saturated rings. The van der Waals surface area contributed by atoms with E-state index in [0.717, 1.165) is 11.1 Å². The minimum absolute atomic E-state index is 0.331. The Hall–Kier alpha value is -3.28. The maximum Gasteiger partial charge on any atom is 0.217 e. The van der Waals surface area contributed by atoms with Gasteiger partial charge in [0, 0.05) is 23.4 Å². The molecule has 1 aromatic heterocycles. The van der Waals surface area contributed by atoms with Gasteiger partial charge in [-0.2, -0.15) is 0 Å². The minimum atomic E-state index is -1.26. The van der Waals surface area contributed by atoms with E-state index in [1.165, 1.54) is 12.1 Å². The first-order chi connectivity index (χ1) is 15.9. The van der Waals surface area contributed by atoms with Crippen LogP contribution in [0.5, 0.6) is 5.88 Å². The molecule has 0 radical (unpaired) electrons. The fourth-order valence-electron chi connectivity index (χ4n) is 4.45. The van der Waals surface area contributed by atoms with Crippen LogP contribution in [0, 0.1) is 5.82 Å². The normalized spacial score (nSPS) is 14.2. The number of nitrogens with zero attached hydrogens (tertiary/aromatic N) is 2. The number of methoxy groups -OCH3 is 1. The molecule has 3 aromatic carbocycles.